The molecule has 2 N–H and O–H groups in total. The molecule has 0 saturated carbocycles. The molecule has 2 atom stereocenters. The fraction of sp³-hybridized carbons (Fsp3) is 0.618. The van der Waals surface area contributed by atoms with E-state index in [1.165, 1.54) is 10.9 Å². The van der Waals surface area contributed by atoms with Crippen molar-refractivity contribution in [3.05, 3.63) is 46.2 Å². The lowest BCUT2D eigenvalue weighted by Crippen LogP contribution is -2.52. The van der Waals surface area contributed by atoms with E-state index in [-0.39, 0.29) is 11.5 Å². The van der Waals surface area contributed by atoms with Gasteiger partial charge in [-0.15, -0.1) is 0 Å². The SMILES string of the molecule is CCn1c(-c2cc(B3OC(C)(C)C(C)(C)O3)cnc2[C@H](C)OC)c(CC(C)(C)COB2OC(C)(C)C(C)(N)O2)c2cc(Br)ccc21. The van der Waals surface area contributed by atoms with Crippen molar-refractivity contribution in [1.29, 1.82) is 0 Å². The van der Waals surface area contributed by atoms with Crippen LogP contribution in [0.2, 0.25) is 0 Å². The molecule has 2 saturated heterocycles. The van der Waals surface area contributed by atoms with Crippen LogP contribution in [0.1, 0.15) is 93.5 Å². The van der Waals surface area contributed by atoms with Crippen LogP contribution in [0.25, 0.3) is 22.2 Å². The van der Waals surface area contributed by atoms with Gasteiger partial charge in [0.25, 0.3) is 0 Å². The van der Waals surface area contributed by atoms with Crippen LogP contribution in [0.4, 0.5) is 0 Å². The topological polar surface area (TPSA) is 99.2 Å². The van der Waals surface area contributed by atoms with Crippen LogP contribution in [0.5, 0.6) is 0 Å². The van der Waals surface area contributed by atoms with Crippen molar-refractivity contribution in [2.75, 3.05) is 13.7 Å². The van der Waals surface area contributed by atoms with Crippen molar-refractivity contribution in [3.63, 3.8) is 0 Å². The molecular formula is C34H50B2BrN3O6. The van der Waals surface area contributed by atoms with Gasteiger partial charge < -0.3 is 38.3 Å². The van der Waals surface area contributed by atoms with Gasteiger partial charge in [0.05, 0.1) is 34.3 Å². The number of hydrogen-bond acceptors (Lipinski definition) is 8. The second-order valence-corrected chi connectivity index (χ2v) is 16.1. The van der Waals surface area contributed by atoms with E-state index >= 15 is 0 Å². The summed E-state index contributed by atoms with van der Waals surface area (Å²) >= 11 is 3.74. The molecule has 1 unspecified atom stereocenters. The summed E-state index contributed by atoms with van der Waals surface area (Å²) in [5.74, 6) is 0. The smallest absolute Gasteiger partial charge is 0.399 e. The molecule has 46 heavy (non-hydrogen) atoms. The maximum absolute atomic E-state index is 6.46. The zero-order valence-corrected chi connectivity index (χ0v) is 31.1. The Bertz CT molecular complexity index is 1570. The van der Waals surface area contributed by atoms with Gasteiger partial charge in [-0.2, -0.15) is 0 Å². The Hall–Kier alpha value is -1.76. The quantitative estimate of drug-likeness (QED) is 0.238. The van der Waals surface area contributed by atoms with E-state index in [9.17, 15) is 0 Å². The first-order valence-electron chi connectivity index (χ1n) is 16.2. The number of aryl methyl sites for hydroxylation is 1. The molecule has 3 aromatic rings. The van der Waals surface area contributed by atoms with Gasteiger partial charge in [-0.05, 0) is 104 Å². The van der Waals surface area contributed by atoms with Gasteiger partial charge in [-0.3, -0.25) is 4.98 Å². The summed E-state index contributed by atoms with van der Waals surface area (Å²) in [6, 6.07) is 8.64. The van der Waals surface area contributed by atoms with E-state index in [4.69, 9.17) is 38.7 Å². The van der Waals surface area contributed by atoms with Crippen LogP contribution < -0.4 is 11.2 Å². The average Bonchev–Trinajstić information content (AvgIpc) is 3.46. The Balaban J connectivity index is 1.61. The molecular weight excluding hydrogens is 648 g/mol. The van der Waals surface area contributed by atoms with Crippen LogP contribution in [-0.2, 0) is 41.0 Å². The van der Waals surface area contributed by atoms with Gasteiger partial charge in [0.15, 0.2) is 0 Å². The maximum Gasteiger partial charge on any atom is 0.641 e. The highest BCUT2D eigenvalue weighted by atomic mass is 79.9. The molecule has 5 rings (SSSR count). The van der Waals surface area contributed by atoms with Gasteiger partial charge in [0.2, 0.25) is 0 Å². The number of fused-ring (bicyclic) bond motifs is 1. The van der Waals surface area contributed by atoms with Crippen LogP contribution >= 0.6 is 15.9 Å². The van der Waals surface area contributed by atoms with E-state index in [2.05, 4.69) is 93.2 Å². The number of benzene rings is 1. The third-order valence-electron chi connectivity index (χ3n) is 10.1. The lowest BCUT2D eigenvalue weighted by atomic mass is 9.78. The molecule has 1 aromatic carbocycles. The summed E-state index contributed by atoms with van der Waals surface area (Å²) in [6.07, 6.45) is 2.32. The summed E-state index contributed by atoms with van der Waals surface area (Å²) in [4.78, 5) is 5.01. The zero-order valence-electron chi connectivity index (χ0n) is 29.5. The first-order chi connectivity index (χ1) is 21.2. The van der Waals surface area contributed by atoms with E-state index in [1.54, 1.807) is 7.11 Å². The Labute approximate surface area is 283 Å². The second kappa shape index (κ2) is 12.3. The molecule has 2 aromatic heterocycles. The lowest BCUT2D eigenvalue weighted by Gasteiger charge is -2.32. The van der Waals surface area contributed by atoms with Gasteiger partial charge in [0, 0.05) is 52.9 Å². The van der Waals surface area contributed by atoms with Crippen molar-refractivity contribution in [3.8, 4) is 11.3 Å². The van der Waals surface area contributed by atoms with E-state index < -0.39 is 37.0 Å². The number of hydrogen-bond donors (Lipinski definition) is 1. The molecule has 12 heteroatoms. The third kappa shape index (κ3) is 6.49. The van der Waals surface area contributed by atoms with Crippen molar-refractivity contribution in [1.82, 2.24) is 9.55 Å². The summed E-state index contributed by atoms with van der Waals surface area (Å²) in [5, 5.41) is 1.17. The number of ether oxygens (including phenoxy) is 1. The Morgan fingerprint density at radius 2 is 1.65 bits per heavy atom. The van der Waals surface area contributed by atoms with Gasteiger partial charge in [-0.25, -0.2) is 0 Å². The zero-order chi connectivity index (χ0) is 34.0. The van der Waals surface area contributed by atoms with Crippen molar-refractivity contribution in [2.24, 2.45) is 11.1 Å². The molecule has 0 aliphatic carbocycles. The van der Waals surface area contributed by atoms with Crippen LogP contribution in [0.15, 0.2) is 34.9 Å². The largest absolute Gasteiger partial charge is 0.641 e. The summed E-state index contributed by atoms with van der Waals surface area (Å²) in [7, 11) is 0.325. The molecule has 2 fully saturated rings. The summed E-state index contributed by atoms with van der Waals surface area (Å²) < 4.78 is 40.4. The molecule has 0 bridgehead atoms. The standard InChI is InChI=1S/C34H50B2BrN3O6/c1-13-40-27-15-14-23(37)17-24(27)26(18-30(3,4)20-42-36-45-33(9,10)34(11,38)46-36)29(40)25-16-22(19-39-28(25)21(2)41-12)35-43-31(5,6)32(7,8)44-35/h14-17,19,21H,13,18,20,38H2,1-12H3/t21-,34?/m0/s1. The van der Waals surface area contributed by atoms with Crippen molar-refractivity contribution < 1.29 is 28.0 Å². The molecule has 0 amide bonds. The average molecular weight is 698 g/mol. The van der Waals surface area contributed by atoms with E-state index in [1.807, 2.05) is 33.9 Å². The number of methoxy groups -OCH3 is 1. The van der Waals surface area contributed by atoms with Gasteiger partial charge in [-0.1, -0.05) is 29.8 Å². The molecule has 2 aliphatic heterocycles. The number of nitrogens with zero attached hydrogens (tertiary/aromatic N) is 2. The predicted octanol–water partition coefficient (Wildman–Crippen LogP) is 6.56. The fourth-order valence-corrected chi connectivity index (χ4v) is 6.41. The molecule has 4 heterocycles. The fourth-order valence-electron chi connectivity index (χ4n) is 6.05. The number of rotatable bonds is 10. The van der Waals surface area contributed by atoms with Crippen molar-refractivity contribution >= 4 is 46.7 Å². The number of pyridine rings is 1. The minimum atomic E-state index is -0.959. The first-order valence-corrected chi connectivity index (χ1v) is 17.0. The molecule has 0 radical (unpaired) electrons. The first kappa shape index (κ1) is 35.5. The van der Waals surface area contributed by atoms with Crippen LogP contribution in [0.3, 0.4) is 0 Å². The van der Waals surface area contributed by atoms with E-state index in [0.29, 0.717) is 13.0 Å². The van der Waals surface area contributed by atoms with E-state index in [0.717, 1.165) is 38.9 Å². The monoisotopic (exact) mass is 697 g/mol. The molecule has 250 valence electrons. The van der Waals surface area contributed by atoms with Gasteiger partial charge >= 0.3 is 14.4 Å². The van der Waals surface area contributed by atoms with Crippen molar-refractivity contribution in [2.45, 2.75) is 118 Å². The normalized spacial score (nSPS) is 23.1. The highest BCUT2D eigenvalue weighted by Gasteiger charge is 2.54. The highest BCUT2D eigenvalue weighted by Crippen LogP contribution is 2.42. The number of halogens is 1. The molecule has 9 nitrogen and oxygen atoms in total. The number of aromatic nitrogens is 2. The molecule has 0 spiro atoms. The van der Waals surface area contributed by atoms with Crippen LogP contribution in [-0.4, -0.2) is 60.2 Å². The Morgan fingerprint density at radius 1 is 1.00 bits per heavy atom. The second-order valence-electron chi connectivity index (χ2n) is 15.2. The number of nitrogens with two attached hydrogens (primary N) is 1. The third-order valence-corrected chi connectivity index (χ3v) is 10.6. The minimum absolute atomic E-state index is 0.243. The maximum atomic E-state index is 6.46. The molecule has 2 aliphatic rings. The summed E-state index contributed by atoms with van der Waals surface area (Å²) in [5.41, 5.74) is 9.61. The Kier molecular flexibility index (Phi) is 9.49. The summed E-state index contributed by atoms with van der Waals surface area (Å²) in [6.45, 7) is 23.7. The van der Waals surface area contributed by atoms with Gasteiger partial charge in [0.1, 0.15) is 5.72 Å². The predicted molar refractivity (Wildman–Crippen MR) is 188 cm³/mol. The minimum Gasteiger partial charge on any atom is -0.399 e. The van der Waals surface area contributed by atoms with Crippen LogP contribution in [0, 0.1) is 5.41 Å². The Morgan fingerprint density at radius 3 is 2.22 bits per heavy atom. The highest BCUT2D eigenvalue weighted by molar-refractivity contribution is 9.10. The lowest BCUT2D eigenvalue weighted by molar-refractivity contribution is -0.00415.